The topological polar surface area (TPSA) is 69.7 Å². The van der Waals surface area contributed by atoms with Gasteiger partial charge in [0.15, 0.2) is 14.1 Å². The van der Waals surface area contributed by atoms with E-state index in [1.807, 2.05) is 30.3 Å². The standard InChI is InChI=1S/C34H58O6Si/c1-10-24(6)19-30-31(38-30)20-32(40-41(12-3,13-4)14-5)33-26(8)22-34(35,39-33)21-25(7)29(11-2)37-23-27-15-17-28(36-9)18-16-27/h11,15-18,24-26,29-33,35H,2,10,12-14,19-23H2,1,3-9H3/t24-,25-,26-,29+,30-,31+,32-,33-,34?/m0/s1. The van der Waals surface area contributed by atoms with E-state index in [0.717, 1.165) is 42.3 Å². The molecule has 234 valence electrons. The van der Waals surface area contributed by atoms with Gasteiger partial charge >= 0.3 is 0 Å². The van der Waals surface area contributed by atoms with Gasteiger partial charge in [-0.3, -0.25) is 0 Å². The summed E-state index contributed by atoms with van der Waals surface area (Å²) < 4.78 is 31.4. The molecule has 1 unspecified atom stereocenters. The van der Waals surface area contributed by atoms with Crippen molar-refractivity contribution in [3.8, 4) is 5.75 Å². The fourth-order valence-corrected chi connectivity index (χ4v) is 9.44. The molecule has 2 saturated heterocycles. The Balaban J connectivity index is 1.66. The normalized spacial score (nSPS) is 29.1. The quantitative estimate of drug-likeness (QED) is 0.100. The van der Waals surface area contributed by atoms with Crippen LogP contribution in [0.1, 0.15) is 86.1 Å². The highest BCUT2D eigenvalue weighted by Gasteiger charge is 2.52. The first-order valence-electron chi connectivity index (χ1n) is 16.1. The van der Waals surface area contributed by atoms with E-state index in [1.54, 1.807) is 7.11 Å². The van der Waals surface area contributed by atoms with Crippen molar-refractivity contribution in [2.45, 2.75) is 142 Å². The van der Waals surface area contributed by atoms with Crippen LogP contribution in [0, 0.1) is 17.8 Å². The summed E-state index contributed by atoms with van der Waals surface area (Å²) in [4.78, 5) is 0. The van der Waals surface area contributed by atoms with Crippen molar-refractivity contribution < 1.29 is 28.5 Å². The smallest absolute Gasteiger partial charge is 0.192 e. The van der Waals surface area contributed by atoms with Gasteiger partial charge in [0.2, 0.25) is 0 Å². The van der Waals surface area contributed by atoms with Crippen LogP contribution < -0.4 is 4.74 Å². The SMILES string of the molecule is C=C[C@@H](OCc1ccc(OC)cc1)[C@@H](C)CC1(O)C[C@H](C)[C@@H]([C@H](C[C@H]2O[C@H]2C[C@@H](C)CC)O[Si](CC)(CC)CC)O1. The first-order chi connectivity index (χ1) is 19.5. The summed E-state index contributed by atoms with van der Waals surface area (Å²) in [5, 5.41) is 11.8. The van der Waals surface area contributed by atoms with Crippen molar-refractivity contribution in [1.82, 2.24) is 0 Å². The molecule has 2 heterocycles. The molecule has 0 radical (unpaired) electrons. The molecule has 41 heavy (non-hydrogen) atoms. The summed E-state index contributed by atoms with van der Waals surface area (Å²) in [6, 6.07) is 11.2. The summed E-state index contributed by atoms with van der Waals surface area (Å²) in [6.07, 6.45) is 6.17. The predicted molar refractivity (Wildman–Crippen MR) is 169 cm³/mol. The molecule has 0 amide bonds. The van der Waals surface area contributed by atoms with Gasteiger partial charge in [-0.15, -0.1) is 6.58 Å². The Bertz CT molecular complexity index is 912. The molecular formula is C34H58O6Si. The van der Waals surface area contributed by atoms with E-state index in [2.05, 4.69) is 55.0 Å². The van der Waals surface area contributed by atoms with E-state index >= 15 is 0 Å². The van der Waals surface area contributed by atoms with Crippen molar-refractivity contribution in [3.63, 3.8) is 0 Å². The number of ether oxygens (including phenoxy) is 4. The lowest BCUT2D eigenvalue weighted by Gasteiger charge is -2.37. The fourth-order valence-electron chi connectivity index (χ4n) is 6.57. The minimum atomic E-state index is -1.89. The van der Waals surface area contributed by atoms with Crippen LogP contribution in [0.2, 0.25) is 18.1 Å². The first-order valence-corrected chi connectivity index (χ1v) is 18.7. The molecule has 2 fully saturated rings. The summed E-state index contributed by atoms with van der Waals surface area (Å²) >= 11 is 0. The Labute approximate surface area is 251 Å². The Morgan fingerprint density at radius 1 is 1.07 bits per heavy atom. The van der Waals surface area contributed by atoms with Crippen molar-refractivity contribution in [1.29, 1.82) is 0 Å². The molecule has 0 aliphatic carbocycles. The Kier molecular flexibility index (Phi) is 12.9. The minimum Gasteiger partial charge on any atom is -0.497 e. The Morgan fingerprint density at radius 2 is 1.71 bits per heavy atom. The molecule has 7 heteroatoms. The van der Waals surface area contributed by atoms with Crippen LogP contribution in [0.3, 0.4) is 0 Å². The van der Waals surface area contributed by atoms with Crippen LogP contribution in [0.4, 0.5) is 0 Å². The van der Waals surface area contributed by atoms with Crippen molar-refractivity contribution in [2.75, 3.05) is 7.11 Å². The summed E-state index contributed by atoms with van der Waals surface area (Å²) in [5.74, 6) is 0.486. The zero-order valence-electron chi connectivity index (χ0n) is 27.1. The maximum Gasteiger partial charge on any atom is 0.192 e. The molecule has 0 spiro atoms. The second-order valence-electron chi connectivity index (χ2n) is 12.8. The van der Waals surface area contributed by atoms with Crippen LogP contribution in [0.15, 0.2) is 36.9 Å². The van der Waals surface area contributed by atoms with Gasteiger partial charge in [0.05, 0.1) is 44.2 Å². The molecule has 1 N–H and O–H groups in total. The molecule has 0 bridgehead atoms. The average molecular weight is 591 g/mol. The van der Waals surface area contributed by atoms with E-state index in [0.29, 0.717) is 31.5 Å². The third-order valence-electron chi connectivity index (χ3n) is 9.78. The van der Waals surface area contributed by atoms with Crippen LogP contribution >= 0.6 is 0 Å². The first kappa shape index (κ1) is 34.3. The van der Waals surface area contributed by atoms with E-state index in [-0.39, 0.29) is 36.3 Å². The Morgan fingerprint density at radius 3 is 2.27 bits per heavy atom. The number of methoxy groups -OCH3 is 1. The van der Waals surface area contributed by atoms with Gasteiger partial charge in [0.25, 0.3) is 0 Å². The highest BCUT2D eigenvalue weighted by atomic mass is 28.4. The van der Waals surface area contributed by atoms with Crippen molar-refractivity contribution in [3.05, 3.63) is 42.5 Å². The van der Waals surface area contributed by atoms with Crippen LogP contribution in [0.25, 0.3) is 0 Å². The highest BCUT2D eigenvalue weighted by molar-refractivity contribution is 6.73. The number of aliphatic hydroxyl groups is 1. The third kappa shape index (κ3) is 9.38. The zero-order chi connectivity index (χ0) is 30.2. The van der Waals surface area contributed by atoms with Gasteiger partial charge in [-0.2, -0.15) is 0 Å². The van der Waals surface area contributed by atoms with Gasteiger partial charge in [-0.1, -0.05) is 73.1 Å². The van der Waals surface area contributed by atoms with Crippen LogP contribution in [0.5, 0.6) is 5.75 Å². The number of benzene rings is 1. The van der Waals surface area contributed by atoms with Gasteiger partial charge in [-0.05, 0) is 60.0 Å². The number of rotatable bonds is 19. The van der Waals surface area contributed by atoms with Crippen molar-refractivity contribution >= 4 is 8.32 Å². The van der Waals surface area contributed by atoms with E-state index < -0.39 is 14.1 Å². The lowest BCUT2D eigenvalue weighted by molar-refractivity contribution is -0.219. The fraction of sp³-hybridized carbons (Fsp3) is 0.765. The third-order valence-corrected chi connectivity index (χ3v) is 14.4. The number of hydrogen-bond donors (Lipinski definition) is 1. The molecule has 2 aliphatic rings. The van der Waals surface area contributed by atoms with E-state index in [4.69, 9.17) is 23.4 Å². The number of hydrogen-bond acceptors (Lipinski definition) is 6. The average Bonchev–Trinajstić information content (AvgIpc) is 3.62. The Hall–Kier alpha value is -1.22. The van der Waals surface area contributed by atoms with Gasteiger partial charge in [0.1, 0.15) is 5.75 Å². The molecule has 0 saturated carbocycles. The number of epoxide rings is 1. The molecule has 0 aromatic heterocycles. The van der Waals surface area contributed by atoms with E-state index in [9.17, 15) is 5.11 Å². The van der Waals surface area contributed by atoms with Gasteiger partial charge < -0.3 is 28.5 Å². The van der Waals surface area contributed by atoms with Crippen LogP contribution in [-0.2, 0) is 25.2 Å². The highest BCUT2D eigenvalue weighted by Crippen LogP contribution is 2.44. The summed E-state index contributed by atoms with van der Waals surface area (Å²) in [6.45, 7) is 20.2. The largest absolute Gasteiger partial charge is 0.497 e. The monoisotopic (exact) mass is 590 g/mol. The zero-order valence-corrected chi connectivity index (χ0v) is 28.1. The maximum absolute atomic E-state index is 11.8. The lowest BCUT2D eigenvalue weighted by atomic mass is 9.89. The second-order valence-corrected chi connectivity index (χ2v) is 17.6. The van der Waals surface area contributed by atoms with Gasteiger partial charge in [-0.25, -0.2) is 0 Å². The molecule has 2 aliphatic heterocycles. The molecule has 3 rings (SSSR count). The molecule has 1 aromatic rings. The van der Waals surface area contributed by atoms with Crippen LogP contribution in [-0.4, -0.2) is 56.8 Å². The second kappa shape index (κ2) is 15.5. The van der Waals surface area contributed by atoms with E-state index in [1.165, 1.54) is 6.42 Å². The molecule has 6 nitrogen and oxygen atoms in total. The maximum atomic E-state index is 11.8. The minimum absolute atomic E-state index is 0.0307. The summed E-state index contributed by atoms with van der Waals surface area (Å²) in [5.41, 5.74) is 1.07. The summed E-state index contributed by atoms with van der Waals surface area (Å²) in [7, 11) is -0.224. The molecule has 9 atom stereocenters. The van der Waals surface area contributed by atoms with Crippen molar-refractivity contribution in [2.24, 2.45) is 17.8 Å². The lowest BCUT2D eigenvalue weighted by Crippen LogP contribution is -2.47. The molecule has 1 aromatic carbocycles. The predicted octanol–water partition coefficient (Wildman–Crippen LogP) is 7.89. The van der Waals surface area contributed by atoms with Gasteiger partial charge in [0, 0.05) is 19.3 Å². The molecular weight excluding hydrogens is 532 g/mol.